The van der Waals surface area contributed by atoms with Gasteiger partial charge in [-0.1, -0.05) is 17.7 Å². The van der Waals surface area contributed by atoms with Crippen LogP contribution in [0.1, 0.15) is 18.4 Å². The summed E-state index contributed by atoms with van der Waals surface area (Å²) in [5.74, 6) is 1.33. The maximum absolute atomic E-state index is 12.1. The van der Waals surface area contributed by atoms with E-state index in [1.807, 2.05) is 25.1 Å². The lowest BCUT2D eigenvalue weighted by molar-refractivity contribution is -0.116. The number of ether oxygens (including phenoxy) is 1. The Morgan fingerprint density at radius 2 is 2.28 bits per heavy atom. The van der Waals surface area contributed by atoms with Gasteiger partial charge in [0.2, 0.25) is 5.91 Å². The van der Waals surface area contributed by atoms with Gasteiger partial charge in [0.1, 0.15) is 0 Å². The van der Waals surface area contributed by atoms with E-state index in [0.717, 1.165) is 43.3 Å². The van der Waals surface area contributed by atoms with E-state index < -0.39 is 0 Å². The number of amides is 1. The second kappa shape index (κ2) is 9.63. The molecule has 0 spiro atoms. The maximum Gasteiger partial charge on any atom is 0.226 e. The quantitative estimate of drug-likeness (QED) is 0.599. The molecule has 2 rings (SSSR count). The molecule has 1 atom stereocenters. The van der Waals surface area contributed by atoms with Gasteiger partial charge in [-0.2, -0.15) is 0 Å². The number of likely N-dealkylation sites (tertiary alicyclic amines) is 1. The summed E-state index contributed by atoms with van der Waals surface area (Å²) in [7, 11) is 3.50. The first kappa shape index (κ1) is 19.5. The molecule has 1 unspecified atom stereocenters. The lowest BCUT2D eigenvalue weighted by atomic mass is 10.1. The Labute approximate surface area is 154 Å². The van der Waals surface area contributed by atoms with Crippen molar-refractivity contribution in [3.63, 3.8) is 0 Å². The van der Waals surface area contributed by atoms with E-state index in [4.69, 9.17) is 16.3 Å². The van der Waals surface area contributed by atoms with E-state index in [2.05, 4.69) is 20.5 Å². The van der Waals surface area contributed by atoms with Crippen LogP contribution in [-0.2, 0) is 9.53 Å². The van der Waals surface area contributed by atoms with Crippen molar-refractivity contribution < 1.29 is 9.53 Å². The summed E-state index contributed by atoms with van der Waals surface area (Å²) < 4.78 is 5.23. The number of carbonyl (C=O) groups excluding carboxylic acids is 1. The molecular formula is C18H27ClN4O2. The summed E-state index contributed by atoms with van der Waals surface area (Å²) >= 11 is 6.08. The van der Waals surface area contributed by atoms with Gasteiger partial charge in [0.15, 0.2) is 5.96 Å². The largest absolute Gasteiger partial charge is 0.384 e. The van der Waals surface area contributed by atoms with Crippen LogP contribution in [0.4, 0.5) is 5.69 Å². The first-order valence-electron chi connectivity index (χ1n) is 8.54. The standard InChI is InChI=1S/C18H27ClN4O2/c1-13-15(19)5-4-6-16(13)22-17(24)7-9-21-18(20-2)23-10-8-14(11-23)12-25-3/h4-6,14H,7-12H2,1-3H3,(H,20,21)(H,22,24). The fraction of sp³-hybridized carbons (Fsp3) is 0.556. The van der Waals surface area contributed by atoms with Crippen LogP contribution in [0.25, 0.3) is 0 Å². The van der Waals surface area contributed by atoms with Crippen LogP contribution < -0.4 is 10.6 Å². The molecule has 7 heteroatoms. The summed E-state index contributed by atoms with van der Waals surface area (Å²) in [5, 5.41) is 6.82. The summed E-state index contributed by atoms with van der Waals surface area (Å²) in [6.07, 6.45) is 1.46. The van der Waals surface area contributed by atoms with Gasteiger partial charge in [-0.15, -0.1) is 0 Å². The predicted octanol–water partition coefficient (Wildman–Crippen LogP) is 2.52. The number of nitrogens with one attached hydrogen (secondary N) is 2. The van der Waals surface area contributed by atoms with Crippen LogP contribution >= 0.6 is 11.6 Å². The van der Waals surface area contributed by atoms with E-state index in [-0.39, 0.29) is 5.91 Å². The SMILES string of the molecule is CN=C(NCCC(=O)Nc1cccc(Cl)c1C)N1CCC(COC)C1. The number of benzene rings is 1. The molecule has 1 aromatic carbocycles. The highest BCUT2D eigenvalue weighted by Crippen LogP contribution is 2.23. The molecule has 0 aliphatic carbocycles. The Hall–Kier alpha value is -1.79. The van der Waals surface area contributed by atoms with E-state index in [1.165, 1.54) is 0 Å². The molecular weight excluding hydrogens is 340 g/mol. The Bertz CT molecular complexity index is 621. The van der Waals surface area contributed by atoms with Crippen LogP contribution in [0.3, 0.4) is 0 Å². The van der Waals surface area contributed by atoms with Gasteiger partial charge in [0.05, 0.1) is 6.61 Å². The molecule has 25 heavy (non-hydrogen) atoms. The molecule has 1 saturated heterocycles. The number of hydrogen-bond acceptors (Lipinski definition) is 3. The van der Waals surface area contributed by atoms with Gasteiger partial charge in [-0.05, 0) is 31.0 Å². The number of methoxy groups -OCH3 is 1. The number of halogens is 1. The third-order valence-electron chi connectivity index (χ3n) is 4.38. The van der Waals surface area contributed by atoms with Crippen LogP contribution in [0.5, 0.6) is 0 Å². The molecule has 138 valence electrons. The zero-order valence-corrected chi connectivity index (χ0v) is 15.9. The molecule has 0 radical (unpaired) electrons. The van der Waals surface area contributed by atoms with Crippen molar-refractivity contribution in [2.75, 3.05) is 45.7 Å². The fourth-order valence-electron chi connectivity index (χ4n) is 2.97. The lowest BCUT2D eigenvalue weighted by Crippen LogP contribution is -2.41. The van der Waals surface area contributed by atoms with Crippen molar-refractivity contribution in [2.24, 2.45) is 10.9 Å². The second-order valence-corrected chi connectivity index (χ2v) is 6.65. The molecule has 2 N–H and O–H groups in total. The second-order valence-electron chi connectivity index (χ2n) is 6.24. The van der Waals surface area contributed by atoms with Gasteiger partial charge in [-0.25, -0.2) is 0 Å². The van der Waals surface area contributed by atoms with E-state index >= 15 is 0 Å². The Balaban J connectivity index is 1.77. The third-order valence-corrected chi connectivity index (χ3v) is 4.79. The first-order valence-corrected chi connectivity index (χ1v) is 8.92. The summed E-state index contributed by atoms with van der Waals surface area (Å²) in [6, 6.07) is 5.49. The molecule has 1 fully saturated rings. The Morgan fingerprint density at radius 3 is 3.00 bits per heavy atom. The highest BCUT2D eigenvalue weighted by Gasteiger charge is 2.24. The molecule has 0 bridgehead atoms. The highest BCUT2D eigenvalue weighted by atomic mass is 35.5. The minimum atomic E-state index is -0.0491. The molecule has 0 aromatic heterocycles. The minimum absolute atomic E-state index is 0.0491. The van der Waals surface area contributed by atoms with Crippen LogP contribution in [0.15, 0.2) is 23.2 Å². The summed E-state index contributed by atoms with van der Waals surface area (Å²) in [6.45, 7) is 5.09. The summed E-state index contributed by atoms with van der Waals surface area (Å²) in [4.78, 5) is 18.7. The highest BCUT2D eigenvalue weighted by molar-refractivity contribution is 6.31. The normalized spacial score (nSPS) is 17.7. The topological polar surface area (TPSA) is 66.0 Å². The molecule has 1 aliphatic heterocycles. The number of hydrogen-bond donors (Lipinski definition) is 2. The lowest BCUT2D eigenvalue weighted by Gasteiger charge is -2.21. The maximum atomic E-state index is 12.1. The van der Waals surface area contributed by atoms with Gasteiger partial charge in [0, 0.05) is 56.8 Å². The van der Waals surface area contributed by atoms with E-state index in [0.29, 0.717) is 23.9 Å². The number of anilines is 1. The van der Waals surface area contributed by atoms with E-state index in [1.54, 1.807) is 14.2 Å². The van der Waals surface area contributed by atoms with Crippen molar-refractivity contribution in [1.29, 1.82) is 0 Å². The Morgan fingerprint density at radius 1 is 1.48 bits per heavy atom. The average molecular weight is 367 g/mol. The van der Waals surface area contributed by atoms with Crippen LogP contribution in [0.2, 0.25) is 5.02 Å². The molecule has 1 heterocycles. The van der Waals surface area contributed by atoms with Gasteiger partial charge in [0.25, 0.3) is 0 Å². The molecule has 1 aromatic rings. The number of aliphatic imine (C=N–C) groups is 1. The van der Waals surface area contributed by atoms with Gasteiger partial charge < -0.3 is 20.3 Å². The first-order chi connectivity index (χ1) is 12.0. The zero-order valence-electron chi connectivity index (χ0n) is 15.1. The van der Waals surface area contributed by atoms with Gasteiger partial charge in [-0.3, -0.25) is 9.79 Å². The van der Waals surface area contributed by atoms with Crippen molar-refractivity contribution in [3.05, 3.63) is 28.8 Å². The molecule has 6 nitrogen and oxygen atoms in total. The molecule has 1 amide bonds. The van der Waals surface area contributed by atoms with Crippen LogP contribution in [0, 0.1) is 12.8 Å². The number of nitrogens with zero attached hydrogens (tertiary/aromatic N) is 2. The van der Waals surface area contributed by atoms with Crippen molar-refractivity contribution >= 4 is 29.2 Å². The Kier molecular flexibility index (Phi) is 7.52. The predicted molar refractivity (Wildman–Crippen MR) is 102 cm³/mol. The minimum Gasteiger partial charge on any atom is -0.384 e. The van der Waals surface area contributed by atoms with Crippen molar-refractivity contribution in [3.8, 4) is 0 Å². The molecule has 1 aliphatic rings. The smallest absolute Gasteiger partial charge is 0.226 e. The number of guanidine groups is 1. The van der Waals surface area contributed by atoms with E-state index in [9.17, 15) is 4.79 Å². The number of rotatable bonds is 6. The molecule has 0 saturated carbocycles. The number of carbonyl (C=O) groups is 1. The monoisotopic (exact) mass is 366 g/mol. The zero-order chi connectivity index (χ0) is 18.2. The third kappa shape index (κ3) is 5.61. The van der Waals surface area contributed by atoms with Gasteiger partial charge >= 0.3 is 0 Å². The summed E-state index contributed by atoms with van der Waals surface area (Å²) in [5.41, 5.74) is 1.63. The van der Waals surface area contributed by atoms with Crippen molar-refractivity contribution in [1.82, 2.24) is 10.2 Å². The fourth-order valence-corrected chi connectivity index (χ4v) is 3.15. The van der Waals surface area contributed by atoms with Crippen molar-refractivity contribution in [2.45, 2.75) is 19.8 Å². The average Bonchev–Trinajstić information content (AvgIpc) is 3.05. The van der Waals surface area contributed by atoms with Crippen LogP contribution in [-0.4, -0.2) is 57.2 Å².